The Bertz CT molecular complexity index is 263. The van der Waals surface area contributed by atoms with E-state index in [0.717, 1.165) is 12.8 Å². The summed E-state index contributed by atoms with van der Waals surface area (Å²) in [6.07, 6.45) is 19.8. The molecule has 0 amide bonds. The number of carbonyl (C=O) groups excluding carboxylic acids is 1. The molecule has 0 saturated carbocycles. The first-order valence-corrected chi connectivity index (χ1v) is 10.9. The molecule has 0 aliphatic heterocycles. The molecule has 0 aromatic rings. The fourth-order valence-corrected chi connectivity index (χ4v) is 3.10. The Kier molecular flexibility index (Phi) is 18.4. The van der Waals surface area contributed by atoms with Crippen LogP contribution in [-0.2, 0) is 9.53 Å². The molecule has 2 nitrogen and oxygen atoms in total. The SMILES string of the molecule is CCCCCCCCCOC(=O)CCC(C)CCCCCCCC. The molecule has 0 saturated heterocycles. The predicted molar refractivity (Wildman–Crippen MR) is 105 cm³/mol. The fraction of sp³-hybridized carbons (Fsp3) is 0.955. The molecule has 0 radical (unpaired) electrons. The van der Waals surface area contributed by atoms with Gasteiger partial charge in [0.15, 0.2) is 0 Å². The van der Waals surface area contributed by atoms with Crippen LogP contribution >= 0.6 is 0 Å². The molecule has 0 aromatic heterocycles. The minimum absolute atomic E-state index is 0.00998. The van der Waals surface area contributed by atoms with Gasteiger partial charge in [-0.25, -0.2) is 0 Å². The number of ether oxygens (including phenoxy) is 1. The monoisotopic (exact) mass is 340 g/mol. The van der Waals surface area contributed by atoms with Crippen molar-refractivity contribution in [3.63, 3.8) is 0 Å². The van der Waals surface area contributed by atoms with Crippen LogP contribution in [0.5, 0.6) is 0 Å². The molecular weight excluding hydrogens is 296 g/mol. The van der Waals surface area contributed by atoms with Crippen LogP contribution in [0.2, 0.25) is 0 Å². The van der Waals surface area contributed by atoms with E-state index in [9.17, 15) is 4.79 Å². The van der Waals surface area contributed by atoms with Gasteiger partial charge in [-0.15, -0.1) is 0 Å². The highest BCUT2D eigenvalue weighted by Gasteiger charge is 2.07. The third-order valence-electron chi connectivity index (χ3n) is 4.90. The maximum Gasteiger partial charge on any atom is 0.305 e. The standard InChI is InChI=1S/C22H44O2/c1-4-6-8-10-12-14-16-20-24-22(23)19-18-21(3)17-15-13-11-9-7-5-2/h21H,4-20H2,1-3H3. The van der Waals surface area contributed by atoms with E-state index in [4.69, 9.17) is 4.74 Å². The zero-order valence-electron chi connectivity index (χ0n) is 16.9. The normalized spacial score (nSPS) is 12.3. The Morgan fingerprint density at radius 1 is 0.708 bits per heavy atom. The molecule has 0 rings (SSSR count). The van der Waals surface area contributed by atoms with Crippen LogP contribution in [0.15, 0.2) is 0 Å². The van der Waals surface area contributed by atoms with Gasteiger partial charge in [-0.2, -0.15) is 0 Å². The van der Waals surface area contributed by atoms with Gasteiger partial charge >= 0.3 is 5.97 Å². The molecule has 1 unspecified atom stereocenters. The molecule has 0 heterocycles. The van der Waals surface area contributed by atoms with Crippen molar-refractivity contribution in [1.29, 1.82) is 0 Å². The Labute approximate surface area is 152 Å². The molecule has 0 aliphatic carbocycles. The summed E-state index contributed by atoms with van der Waals surface area (Å²) in [4.78, 5) is 11.7. The van der Waals surface area contributed by atoms with E-state index >= 15 is 0 Å². The second-order valence-electron chi connectivity index (χ2n) is 7.54. The highest BCUT2D eigenvalue weighted by atomic mass is 16.5. The van der Waals surface area contributed by atoms with Crippen molar-refractivity contribution >= 4 is 5.97 Å². The van der Waals surface area contributed by atoms with Gasteiger partial charge in [0.2, 0.25) is 0 Å². The number of esters is 1. The van der Waals surface area contributed by atoms with Crippen LogP contribution in [0, 0.1) is 5.92 Å². The molecule has 0 spiro atoms. The lowest BCUT2D eigenvalue weighted by Gasteiger charge is -2.11. The van der Waals surface area contributed by atoms with E-state index in [-0.39, 0.29) is 5.97 Å². The first kappa shape index (κ1) is 23.5. The topological polar surface area (TPSA) is 26.3 Å². The Hall–Kier alpha value is -0.530. The van der Waals surface area contributed by atoms with Gasteiger partial charge in [-0.1, -0.05) is 104 Å². The van der Waals surface area contributed by atoms with Crippen molar-refractivity contribution in [2.45, 2.75) is 124 Å². The number of carbonyl (C=O) groups is 1. The van der Waals surface area contributed by atoms with Crippen molar-refractivity contribution in [2.24, 2.45) is 5.92 Å². The largest absolute Gasteiger partial charge is 0.466 e. The maximum atomic E-state index is 11.7. The van der Waals surface area contributed by atoms with Crippen LogP contribution < -0.4 is 0 Å². The molecular formula is C22H44O2. The Morgan fingerprint density at radius 2 is 1.21 bits per heavy atom. The van der Waals surface area contributed by atoms with Crippen molar-refractivity contribution in [3.8, 4) is 0 Å². The van der Waals surface area contributed by atoms with Crippen molar-refractivity contribution < 1.29 is 9.53 Å². The van der Waals surface area contributed by atoms with Crippen LogP contribution in [0.25, 0.3) is 0 Å². The molecule has 0 N–H and O–H groups in total. The van der Waals surface area contributed by atoms with Crippen LogP contribution in [-0.4, -0.2) is 12.6 Å². The lowest BCUT2D eigenvalue weighted by atomic mass is 9.97. The van der Waals surface area contributed by atoms with Crippen molar-refractivity contribution in [1.82, 2.24) is 0 Å². The first-order chi connectivity index (χ1) is 11.7. The van der Waals surface area contributed by atoms with E-state index < -0.39 is 0 Å². The minimum atomic E-state index is 0.00998. The summed E-state index contributed by atoms with van der Waals surface area (Å²) >= 11 is 0. The molecule has 1 atom stereocenters. The van der Waals surface area contributed by atoms with Crippen LogP contribution in [0.1, 0.15) is 124 Å². The van der Waals surface area contributed by atoms with E-state index in [2.05, 4.69) is 20.8 Å². The summed E-state index contributed by atoms with van der Waals surface area (Å²) in [5.41, 5.74) is 0. The second kappa shape index (κ2) is 18.8. The molecule has 2 heteroatoms. The van der Waals surface area contributed by atoms with Gasteiger partial charge in [0.25, 0.3) is 0 Å². The van der Waals surface area contributed by atoms with Gasteiger partial charge < -0.3 is 4.74 Å². The van der Waals surface area contributed by atoms with Gasteiger partial charge in [0, 0.05) is 6.42 Å². The first-order valence-electron chi connectivity index (χ1n) is 10.9. The predicted octanol–water partition coefficient (Wildman–Crippen LogP) is 7.45. The average Bonchev–Trinajstić information content (AvgIpc) is 2.58. The number of rotatable bonds is 18. The van der Waals surface area contributed by atoms with Crippen LogP contribution in [0.3, 0.4) is 0 Å². The fourth-order valence-electron chi connectivity index (χ4n) is 3.10. The number of hydrogen-bond acceptors (Lipinski definition) is 2. The molecule has 0 aromatic carbocycles. The average molecular weight is 341 g/mol. The Balaban J connectivity index is 3.32. The van der Waals surface area contributed by atoms with Gasteiger partial charge in [0.05, 0.1) is 6.61 Å². The van der Waals surface area contributed by atoms with Gasteiger partial charge in [-0.05, 0) is 18.8 Å². The maximum absolute atomic E-state index is 11.7. The summed E-state index contributed by atoms with van der Waals surface area (Å²) in [6.45, 7) is 7.40. The summed E-state index contributed by atoms with van der Waals surface area (Å²) in [5, 5.41) is 0. The quantitative estimate of drug-likeness (QED) is 0.191. The van der Waals surface area contributed by atoms with E-state index in [0.29, 0.717) is 18.9 Å². The van der Waals surface area contributed by atoms with E-state index in [1.54, 1.807) is 0 Å². The van der Waals surface area contributed by atoms with Crippen molar-refractivity contribution in [2.75, 3.05) is 6.61 Å². The third-order valence-corrected chi connectivity index (χ3v) is 4.90. The van der Waals surface area contributed by atoms with Gasteiger partial charge in [-0.3, -0.25) is 4.79 Å². The summed E-state index contributed by atoms with van der Waals surface area (Å²) < 4.78 is 5.35. The third kappa shape index (κ3) is 17.8. The Morgan fingerprint density at radius 3 is 1.79 bits per heavy atom. The van der Waals surface area contributed by atoms with E-state index in [1.807, 2.05) is 0 Å². The summed E-state index contributed by atoms with van der Waals surface area (Å²) in [5.74, 6) is 0.665. The summed E-state index contributed by atoms with van der Waals surface area (Å²) in [7, 11) is 0. The smallest absolute Gasteiger partial charge is 0.305 e. The van der Waals surface area contributed by atoms with Gasteiger partial charge in [0.1, 0.15) is 0 Å². The molecule has 0 bridgehead atoms. The second-order valence-corrected chi connectivity index (χ2v) is 7.54. The molecule has 0 aliphatic rings. The minimum Gasteiger partial charge on any atom is -0.466 e. The number of hydrogen-bond donors (Lipinski definition) is 0. The molecule has 24 heavy (non-hydrogen) atoms. The zero-order chi connectivity index (χ0) is 17.9. The zero-order valence-corrected chi connectivity index (χ0v) is 16.9. The molecule has 0 fully saturated rings. The molecule has 144 valence electrons. The highest BCUT2D eigenvalue weighted by molar-refractivity contribution is 5.69. The summed E-state index contributed by atoms with van der Waals surface area (Å²) in [6, 6.07) is 0. The lowest BCUT2D eigenvalue weighted by molar-refractivity contribution is -0.144. The number of unbranched alkanes of at least 4 members (excludes halogenated alkanes) is 11. The van der Waals surface area contributed by atoms with Crippen molar-refractivity contribution in [3.05, 3.63) is 0 Å². The van der Waals surface area contributed by atoms with Crippen LogP contribution in [0.4, 0.5) is 0 Å². The highest BCUT2D eigenvalue weighted by Crippen LogP contribution is 2.16. The lowest BCUT2D eigenvalue weighted by Crippen LogP contribution is -2.08. The van der Waals surface area contributed by atoms with E-state index in [1.165, 1.54) is 83.5 Å².